The molecule has 3 aromatic rings. The Balaban J connectivity index is 1.58. The van der Waals surface area contributed by atoms with Gasteiger partial charge in [0.05, 0.1) is 29.5 Å². The molecule has 0 bridgehead atoms. The number of thioether (sulfide) groups is 1. The Kier molecular flexibility index (Phi) is 7.19. The van der Waals surface area contributed by atoms with E-state index in [0.29, 0.717) is 35.1 Å². The van der Waals surface area contributed by atoms with Gasteiger partial charge in [-0.15, -0.1) is 11.3 Å². The van der Waals surface area contributed by atoms with Crippen molar-refractivity contribution in [1.29, 1.82) is 0 Å². The Hall–Kier alpha value is -2.65. The lowest BCUT2D eigenvalue weighted by atomic mass is 9.98. The third-order valence-corrected chi connectivity index (χ3v) is 7.73. The number of ether oxygens (including phenoxy) is 1. The van der Waals surface area contributed by atoms with Gasteiger partial charge in [-0.1, -0.05) is 17.8 Å². The summed E-state index contributed by atoms with van der Waals surface area (Å²) in [6.07, 6.45) is 1.50. The number of thiophene rings is 1. The molecule has 1 fully saturated rings. The van der Waals surface area contributed by atoms with Gasteiger partial charge in [0.15, 0.2) is 5.16 Å². The molecule has 1 aliphatic heterocycles. The number of fused-ring (bicyclic) bond motifs is 1. The van der Waals surface area contributed by atoms with Crippen LogP contribution in [0.2, 0.25) is 0 Å². The summed E-state index contributed by atoms with van der Waals surface area (Å²) in [6, 6.07) is 7.69. The number of piperidine rings is 1. The zero-order valence-electron chi connectivity index (χ0n) is 19.0. The predicted octanol–water partition coefficient (Wildman–Crippen LogP) is 3.96. The molecular formula is C24H27N3O4S2. The van der Waals surface area contributed by atoms with Crippen LogP contribution < -0.4 is 5.56 Å². The minimum absolute atomic E-state index is 0.0692. The lowest BCUT2D eigenvalue weighted by Crippen LogP contribution is -2.43. The number of rotatable bonds is 6. The highest BCUT2D eigenvalue weighted by molar-refractivity contribution is 7.99. The highest BCUT2D eigenvalue weighted by Gasteiger charge is 2.29. The van der Waals surface area contributed by atoms with Crippen molar-refractivity contribution >= 4 is 45.2 Å². The Morgan fingerprint density at radius 1 is 1.24 bits per heavy atom. The molecule has 3 heterocycles. The van der Waals surface area contributed by atoms with E-state index in [9.17, 15) is 14.4 Å². The number of carbonyl (C=O) groups excluding carboxylic acids is 2. The number of amides is 1. The molecular weight excluding hydrogens is 458 g/mol. The van der Waals surface area contributed by atoms with Gasteiger partial charge in [0.2, 0.25) is 5.91 Å². The number of hydrogen-bond donors (Lipinski definition) is 0. The van der Waals surface area contributed by atoms with Crippen LogP contribution in [0, 0.1) is 19.8 Å². The minimum Gasteiger partial charge on any atom is -0.466 e. The number of benzene rings is 1. The normalized spacial score (nSPS) is 16.2. The summed E-state index contributed by atoms with van der Waals surface area (Å²) < 4.78 is 7.33. The molecule has 1 amide bonds. The van der Waals surface area contributed by atoms with Gasteiger partial charge in [0, 0.05) is 13.1 Å². The van der Waals surface area contributed by atoms with Crippen LogP contribution in [0.25, 0.3) is 15.9 Å². The van der Waals surface area contributed by atoms with Crippen molar-refractivity contribution in [2.75, 3.05) is 25.4 Å². The first-order chi connectivity index (χ1) is 15.9. The zero-order valence-corrected chi connectivity index (χ0v) is 20.6. The number of esters is 1. The number of nitrogens with zero attached hydrogens (tertiary/aromatic N) is 3. The highest BCUT2D eigenvalue weighted by atomic mass is 32.2. The van der Waals surface area contributed by atoms with E-state index in [1.807, 2.05) is 43.5 Å². The molecule has 2 aromatic heterocycles. The van der Waals surface area contributed by atoms with Crippen LogP contribution in [0.1, 0.15) is 30.9 Å². The van der Waals surface area contributed by atoms with Crippen molar-refractivity contribution in [3.05, 3.63) is 51.1 Å². The molecule has 0 unspecified atom stereocenters. The van der Waals surface area contributed by atoms with Crippen molar-refractivity contribution in [3.63, 3.8) is 0 Å². The number of hydrogen-bond acceptors (Lipinski definition) is 7. The Morgan fingerprint density at radius 3 is 2.82 bits per heavy atom. The van der Waals surface area contributed by atoms with Crippen LogP contribution >= 0.6 is 23.1 Å². The van der Waals surface area contributed by atoms with Gasteiger partial charge in [-0.3, -0.25) is 19.0 Å². The maximum absolute atomic E-state index is 13.3. The fourth-order valence-corrected chi connectivity index (χ4v) is 5.63. The van der Waals surface area contributed by atoms with Gasteiger partial charge in [-0.05, 0) is 68.3 Å². The van der Waals surface area contributed by atoms with E-state index in [1.165, 1.54) is 23.1 Å². The van der Waals surface area contributed by atoms with E-state index in [2.05, 4.69) is 0 Å². The molecule has 0 N–H and O–H groups in total. The van der Waals surface area contributed by atoms with E-state index < -0.39 is 0 Å². The van der Waals surface area contributed by atoms with Gasteiger partial charge in [-0.2, -0.15) is 0 Å². The standard InChI is InChI=1S/C24H27N3O4S2/c1-4-31-23(30)17-6-5-10-26(13-17)20(28)14-33-24-25-19-9-11-32-21(19)22(29)27(24)18-8-7-15(2)16(3)12-18/h7-9,11-12,17H,4-6,10,13-14H2,1-3H3/t17-/m1/s1. The second-order valence-corrected chi connectivity index (χ2v) is 10.0. The number of likely N-dealkylation sites (tertiary alicyclic amines) is 1. The Bertz CT molecular complexity index is 1250. The maximum Gasteiger partial charge on any atom is 0.310 e. The molecule has 9 heteroatoms. The molecule has 1 saturated heterocycles. The summed E-state index contributed by atoms with van der Waals surface area (Å²) in [4.78, 5) is 44.8. The second kappa shape index (κ2) is 10.1. The molecule has 1 aliphatic rings. The summed E-state index contributed by atoms with van der Waals surface area (Å²) in [6.45, 7) is 7.15. The van der Waals surface area contributed by atoms with Crippen molar-refractivity contribution in [3.8, 4) is 5.69 Å². The molecule has 1 atom stereocenters. The molecule has 33 heavy (non-hydrogen) atoms. The minimum atomic E-state index is -0.276. The second-order valence-electron chi connectivity index (χ2n) is 8.16. The molecule has 174 valence electrons. The largest absolute Gasteiger partial charge is 0.466 e. The molecule has 1 aromatic carbocycles. The average Bonchev–Trinajstić information content (AvgIpc) is 3.29. The number of aryl methyl sites for hydroxylation is 2. The zero-order chi connectivity index (χ0) is 23.5. The van der Waals surface area contributed by atoms with Crippen LogP contribution in [0.3, 0.4) is 0 Å². The first kappa shape index (κ1) is 23.5. The smallest absolute Gasteiger partial charge is 0.310 e. The third-order valence-electron chi connectivity index (χ3n) is 5.92. The van der Waals surface area contributed by atoms with Crippen molar-refractivity contribution in [2.45, 2.75) is 38.8 Å². The monoisotopic (exact) mass is 485 g/mol. The van der Waals surface area contributed by atoms with E-state index >= 15 is 0 Å². The van der Waals surface area contributed by atoms with Crippen molar-refractivity contribution in [2.24, 2.45) is 5.92 Å². The van der Waals surface area contributed by atoms with Crippen molar-refractivity contribution < 1.29 is 14.3 Å². The van der Waals surface area contributed by atoms with Gasteiger partial charge in [-0.25, -0.2) is 4.98 Å². The fourth-order valence-electron chi connectivity index (χ4n) is 3.95. The Morgan fingerprint density at radius 2 is 2.06 bits per heavy atom. The highest BCUT2D eigenvalue weighted by Crippen LogP contribution is 2.26. The molecule has 4 rings (SSSR count). The first-order valence-electron chi connectivity index (χ1n) is 11.0. The van der Waals surface area contributed by atoms with Crippen molar-refractivity contribution in [1.82, 2.24) is 14.5 Å². The van der Waals surface area contributed by atoms with Crippen LogP contribution in [0.5, 0.6) is 0 Å². The van der Waals surface area contributed by atoms with Gasteiger partial charge >= 0.3 is 5.97 Å². The maximum atomic E-state index is 13.3. The van der Waals surface area contributed by atoms with Gasteiger partial charge in [0.1, 0.15) is 4.70 Å². The van der Waals surface area contributed by atoms with E-state index in [1.54, 1.807) is 16.4 Å². The molecule has 0 aliphatic carbocycles. The van der Waals surface area contributed by atoms with Crippen LogP contribution in [0.15, 0.2) is 39.6 Å². The average molecular weight is 486 g/mol. The molecule has 0 radical (unpaired) electrons. The van der Waals surface area contributed by atoms with E-state index in [-0.39, 0.29) is 29.1 Å². The van der Waals surface area contributed by atoms with Gasteiger partial charge < -0.3 is 9.64 Å². The molecule has 0 saturated carbocycles. The van der Waals surface area contributed by atoms with Crippen LogP contribution in [0.4, 0.5) is 0 Å². The molecule has 0 spiro atoms. The van der Waals surface area contributed by atoms with Crippen LogP contribution in [-0.2, 0) is 14.3 Å². The summed E-state index contributed by atoms with van der Waals surface area (Å²) in [7, 11) is 0. The van der Waals surface area contributed by atoms with Gasteiger partial charge in [0.25, 0.3) is 5.56 Å². The first-order valence-corrected chi connectivity index (χ1v) is 12.9. The fraction of sp³-hybridized carbons (Fsp3) is 0.417. The third kappa shape index (κ3) is 4.99. The summed E-state index contributed by atoms with van der Waals surface area (Å²) in [5.41, 5.74) is 3.47. The summed E-state index contributed by atoms with van der Waals surface area (Å²) >= 11 is 2.62. The van der Waals surface area contributed by atoms with E-state index in [0.717, 1.165) is 29.7 Å². The van der Waals surface area contributed by atoms with Crippen LogP contribution in [-0.4, -0.2) is 51.8 Å². The predicted molar refractivity (Wildman–Crippen MR) is 131 cm³/mol. The quantitative estimate of drug-likeness (QED) is 0.299. The SMILES string of the molecule is CCOC(=O)[C@@H]1CCCN(C(=O)CSc2nc3ccsc3c(=O)n2-c2ccc(C)c(C)c2)C1. The summed E-state index contributed by atoms with van der Waals surface area (Å²) in [5, 5.41) is 2.34. The Labute approximate surface area is 200 Å². The molecule has 7 nitrogen and oxygen atoms in total. The lowest BCUT2D eigenvalue weighted by molar-refractivity contribution is -0.151. The van der Waals surface area contributed by atoms with E-state index in [4.69, 9.17) is 9.72 Å². The lowest BCUT2D eigenvalue weighted by Gasteiger charge is -2.31. The topological polar surface area (TPSA) is 81.5 Å². The number of aromatic nitrogens is 2. The summed E-state index contributed by atoms with van der Waals surface area (Å²) in [5.74, 6) is -0.444. The number of carbonyl (C=O) groups is 2.